The van der Waals surface area contributed by atoms with Crippen LogP contribution in [0.1, 0.15) is 5.69 Å². The van der Waals surface area contributed by atoms with Crippen molar-refractivity contribution in [3.63, 3.8) is 0 Å². The van der Waals surface area contributed by atoms with Crippen molar-refractivity contribution >= 4 is 21.7 Å². The first-order valence-electron chi connectivity index (χ1n) is 5.27. The van der Waals surface area contributed by atoms with Gasteiger partial charge in [-0.3, -0.25) is 10.2 Å². The van der Waals surface area contributed by atoms with Crippen LogP contribution in [0.5, 0.6) is 0 Å². The lowest BCUT2D eigenvalue weighted by Crippen LogP contribution is -2.16. The molecule has 4 nitrogen and oxygen atoms in total. The first-order chi connectivity index (χ1) is 8.16. The van der Waals surface area contributed by atoms with E-state index in [2.05, 4.69) is 4.98 Å². The van der Waals surface area contributed by atoms with E-state index in [0.717, 1.165) is 16.5 Å². The van der Waals surface area contributed by atoms with Crippen LogP contribution >= 0.6 is 0 Å². The van der Waals surface area contributed by atoms with E-state index in [9.17, 15) is 4.79 Å². The summed E-state index contributed by atoms with van der Waals surface area (Å²) in [7, 11) is 0. The van der Waals surface area contributed by atoms with E-state index >= 15 is 0 Å². The minimum Gasteiger partial charge on any atom is -0.438 e. The number of para-hydroxylation sites is 1. The molecule has 2 aromatic heterocycles. The van der Waals surface area contributed by atoms with E-state index in [1.165, 1.54) is 0 Å². The maximum absolute atomic E-state index is 11.8. The van der Waals surface area contributed by atoms with Gasteiger partial charge in [0.05, 0.1) is 0 Å². The summed E-state index contributed by atoms with van der Waals surface area (Å²) < 4.78 is 5.34. The van der Waals surface area contributed by atoms with Crippen molar-refractivity contribution < 1.29 is 4.42 Å². The van der Waals surface area contributed by atoms with Gasteiger partial charge in [0.2, 0.25) is 5.55 Å². The van der Waals surface area contributed by atoms with Gasteiger partial charge in [0.1, 0.15) is 11.0 Å². The smallest absolute Gasteiger partial charge is 0.261 e. The first kappa shape index (κ1) is 9.84. The summed E-state index contributed by atoms with van der Waals surface area (Å²) in [5, 5.41) is 9.69. The van der Waals surface area contributed by atoms with Crippen LogP contribution in [0.15, 0.2) is 39.5 Å². The van der Waals surface area contributed by atoms with Crippen LogP contribution in [0, 0.1) is 12.3 Å². The minimum atomic E-state index is -0.278. The van der Waals surface area contributed by atoms with Crippen molar-refractivity contribution in [3.8, 4) is 0 Å². The van der Waals surface area contributed by atoms with Gasteiger partial charge in [0, 0.05) is 16.5 Å². The number of pyridine rings is 1. The molecular formula is C13H10N2O2. The highest BCUT2D eigenvalue weighted by Gasteiger charge is 2.08. The Morgan fingerprint density at radius 2 is 2.00 bits per heavy atom. The average molecular weight is 226 g/mol. The summed E-state index contributed by atoms with van der Waals surface area (Å²) in [6.45, 7) is 1.82. The molecule has 0 unspecified atom stereocenters. The molecule has 0 bridgehead atoms. The molecule has 0 aliphatic carbocycles. The van der Waals surface area contributed by atoms with Gasteiger partial charge in [-0.15, -0.1) is 0 Å². The fraction of sp³-hybridized carbons (Fsp3) is 0.0769. The summed E-state index contributed by atoms with van der Waals surface area (Å²) in [6.07, 6.45) is 0. The molecule has 0 atom stereocenters. The highest BCUT2D eigenvalue weighted by atomic mass is 16.3. The van der Waals surface area contributed by atoms with Crippen LogP contribution in [0.4, 0.5) is 0 Å². The lowest BCUT2D eigenvalue weighted by Gasteiger charge is -2.03. The lowest BCUT2D eigenvalue weighted by molar-refractivity contribution is 0.542. The zero-order chi connectivity index (χ0) is 12.0. The summed E-state index contributed by atoms with van der Waals surface area (Å²) in [4.78, 5) is 14.5. The number of aryl methyl sites for hydroxylation is 1. The molecule has 2 heterocycles. The third kappa shape index (κ3) is 1.38. The molecule has 84 valence electrons. The fourth-order valence-corrected chi connectivity index (χ4v) is 2.07. The molecular weight excluding hydrogens is 216 g/mol. The van der Waals surface area contributed by atoms with Crippen molar-refractivity contribution in [2.24, 2.45) is 0 Å². The maximum Gasteiger partial charge on any atom is 0.261 e. The Hall–Kier alpha value is -2.36. The van der Waals surface area contributed by atoms with Gasteiger partial charge >= 0.3 is 0 Å². The third-order valence-corrected chi connectivity index (χ3v) is 2.78. The molecule has 3 aromatic rings. The minimum absolute atomic E-state index is 0.0973. The van der Waals surface area contributed by atoms with Crippen molar-refractivity contribution in [1.29, 1.82) is 5.41 Å². The Labute approximate surface area is 96.0 Å². The number of benzene rings is 1. The molecule has 0 saturated heterocycles. The molecule has 0 radical (unpaired) electrons. The van der Waals surface area contributed by atoms with E-state index < -0.39 is 0 Å². The van der Waals surface area contributed by atoms with E-state index in [1.54, 1.807) is 6.07 Å². The Bertz CT molecular complexity index is 843. The van der Waals surface area contributed by atoms with Crippen molar-refractivity contribution in [2.45, 2.75) is 6.92 Å². The topological polar surface area (TPSA) is 69.8 Å². The van der Waals surface area contributed by atoms with E-state index in [4.69, 9.17) is 9.83 Å². The van der Waals surface area contributed by atoms with Gasteiger partial charge in [-0.2, -0.15) is 0 Å². The predicted molar refractivity (Wildman–Crippen MR) is 64.9 cm³/mol. The number of hydrogen-bond donors (Lipinski definition) is 2. The van der Waals surface area contributed by atoms with Gasteiger partial charge in [-0.05, 0) is 19.1 Å². The Morgan fingerprint density at radius 3 is 2.82 bits per heavy atom. The second-order valence-electron chi connectivity index (χ2n) is 4.00. The molecule has 0 aliphatic rings. The monoisotopic (exact) mass is 226 g/mol. The maximum atomic E-state index is 11.8. The van der Waals surface area contributed by atoms with E-state index in [0.29, 0.717) is 11.0 Å². The molecule has 0 aliphatic heterocycles. The number of H-pyrrole nitrogens is 1. The predicted octanol–water partition coefficient (Wildman–Crippen LogP) is 2.06. The van der Waals surface area contributed by atoms with Crippen LogP contribution in [0.3, 0.4) is 0 Å². The molecule has 0 amide bonds. The van der Waals surface area contributed by atoms with Crippen LogP contribution in [0.25, 0.3) is 21.7 Å². The molecule has 17 heavy (non-hydrogen) atoms. The largest absolute Gasteiger partial charge is 0.438 e. The van der Waals surface area contributed by atoms with Gasteiger partial charge in [0.15, 0.2) is 0 Å². The Morgan fingerprint density at radius 1 is 1.24 bits per heavy atom. The van der Waals surface area contributed by atoms with Gasteiger partial charge < -0.3 is 9.40 Å². The highest BCUT2D eigenvalue weighted by molar-refractivity contribution is 6.03. The SMILES string of the molecule is Cc1cc2c(c(=O)[nH]1)c(=N)oc1ccccc12. The third-order valence-electron chi connectivity index (χ3n) is 2.78. The second-order valence-corrected chi connectivity index (χ2v) is 4.00. The first-order valence-corrected chi connectivity index (χ1v) is 5.27. The van der Waals surface area contributed by atoms with Crippen LogP contribution in [-0.2, 0) is 0 Å². The average Bonchev–Trinajstić information content (AvgIpc) is 2.28. The zero-order valence-electron chi connectivity index (χ0n) is 9.20. The standard InChI is InChI=1S/C13H10N2O2/c1-7-6-9-8-4-2-3-5-10(8)17-12(14)11(9)13(16)15-7/h2-6,14H,1H3,(H,15,16). The van der Waals surface area contributed by atoms with Crippen LogP contribution in [-0.4, -0.2) is 4.98 Å². The molecule has 4 heteroatoms. The van der Waals surface area contributed by atoms with Crippen molar-refractivity contribution in [2.75, 3.05) is 0 Å². The second kappa shape index (κ2) is 3.31. The number of fused-ring (bicyclic) bond motifs is 3. The molecule has 3 rings (SSSR count). The number of nitrogens with one attached hydrogen (secondary N) is 2. The Balaban J connectivity index is 2.75. The van der Waals surface area contributed by atoms with Crippen LogP contribution < -0.4 is 11.1 Å². The van der Waals surface area contributed by atoms with Crippen molar-refractivity contribution in [1.82, 2.24) is 4.98 Å². The van der Waals surface area contributed by atoms with E-state index in [1.807, 2.05) is 31.2 Å². The lowest BCUT2D eigenvalue weighted by atomic mass is 10.1. The van der Waals surface area contributed by atoms with Gasteiger partial charge in [-0.1, -0.05) is 18.2 Å². The number of aromatic nitrogens is 1. The summed E-state index contributed by atoms with van der Waals surface area (Å²) >= 11 is 0. The highest BCUT2D eigenvalue weighted by Crippen LogP contribution is 2.20. The van der Waals surface area contributed by atoms with E-state index in [-0.39, 0.29) is 11.1 Å². The Kier molecular flexibility index (Phi) is 1.92. The molecule has 0 spiro atoms. The van der Waals surface area contributed by atoms with Gasteiger partial charge in [-0.25, -0.2) is 0 Å². The number of hydrogen-bond acceptors (Lipinski definition) is 3. The van der Waals surface area contributed by atoms with Gasteiger partial charge in [0.25, 0.3) is 5.56 Å². The number of rotatable bonds is 0. The molecule has 0 saturated carbocycles. The quantitative estimate of drug-likeness (QED) is 0.576. The van der Waals surface area contributed by atoms with Crippen LogP contribution in [0.2, 0.25) is 0 Å². The summed E-state index contributed by atoms with van der Waals surface area (Å²) in [5.41, 5.74) is 1.02. The van der Waals surface area contributed by atoms with Crippen molar-refractivity contribution in [3.05, 3.63) is 51.9 Å². The molecule has 1 aromatic carbocycles. The molecule has 0 fully saturated rings. The number of aromatic amines is 1. The summed E-state index contributed by atoms with van der Waals surface area (Å²) in [5.74, 6) is 0. The summed E-state index contributed by atoms with van der Waals surface area (Å²) in [6, 6.07) is 9.28. The fourth-order valence-electron chi connectivity index (χ4n) is 2.07. The normalized spacial score (nSPS) is 11.1. The molecule has 2 N–H and O–H groups in total. The zero-order valence-corrected chi connectivity index (χ0v) is 9.20.